The first-order chi connectivity index (χ1) is 9.00. The molecular weight excluding hydrogens is 238 g/mol. The fraction of sp³-hybridized carbons (Fsp3) is 0.188. The maximum absolute atomic E-state index is 10.5. The van der Waals surface area contributed by atoms with E-state index >= 15 is 0 Å². The molecule has 0 radical (unpaired) electrons. The lowest BCUT2D eigenvalue weighted by atomic mass is 10.2. The van der Waals surface area contributed by atoms with Crippen LogP contribution in [0, 0.1) is 0 Å². The molecule has 1 aromatic rings. The van der Waals surface area contributed by atoms with E-state index in [0.29, 0.717) is 5.57 Å². The van der Waals surface area contributed by atoms with E-state index in [1.807, 2.05) is 49.4 Å². The van der Waals surface area contributed by atoms with Gasteiger partial charge in [0.2, 0.25) is 0 Å². The van der Waals surface area contributed by atoms with Gasteiger partial charge in [-0.2, -0.15) is 0 Å². The van der Waals surface area contributed by atoms with Gasteiger partial charge in [0.15, 0.2) is 0 Å². The highest BCUT2D eigenvalue weighted by Crippen LogP contribution is 2.13. The molecule has 0 heterocycles. The Bertz CT molecular complexity index is 508. The number of nitrogens with zero attached hydrogens (tertiary/aromatic N) is 1. The highest BCUT2D eigenvalue weighted by molar-refractivity contribution is 5.86. The van der Waals surface area contributed by atoms with Crippen LogP contribution in [0.2, 0.25) is 0 Å². The highest BCUT2D eigenvalue weighted by atomic mass is 16.4. The summed E-state index contributed by atoms with van der Waals surface area (Å²) in [5.74, 6) is -0.895. The van der Waals surface area contributed by atoms with Crippen molar-refractivity contribution in [1.29, 1.82) is 0 Å². The largest absolute Gasteiger partial charge is 0.478 e. The van der Waals surface area contributed by atoms with E-state index in [1.54, 1.807) is 19.1 Å². The standard InChI is InChI=1S/C16H19NO2/c1-13(16(18)19)7-5-4-6-8-14-9-11-15(12-10-14)17(2)3/h4-12H,1-3H3,(H,18,19)/b5-4+,8-6+,13-7-. The maximum atomic E-state index is 10.5. The fourth-order valence-electron chi connectivity index (χ4n) is 1.39. The zero-order chi connectivity index (χ0) is 14.3. The summed E-state index contributed by atoms with van der Waals surface area (Å²) < 4.78 is 0. The van der Waals surface area contributed by atoms with Crippen LogP contribution in [-0.2, 0) is 4.79 Å². The van der Waals surface area contributed by atoms with Gasteiger partial charge in [-0.15, -0.1) is 0 Å². The maximum Gasteiger partial charge on any atom is 0.331 e. The summed E-state index contributed by atoms with van der Waals surface area (Å²) in [6.07, 6.45) is 8.96. The molecule has 0 aliphatic carbocycles. The Balaban J connectivity index is 2.60. The van der Waals surface area contributed by atoms with Crippen molar-refractivity contribution in [2.45, 2.75) is 6.92 Å². The van der Waals surface area contributed by atoms with Gasteiger partial charge in [0, 0.05) is 25.4 Å². The number of hydrogen-bond donors (Lipinski definition) is 1. The Morgan fingerprint density at radius 1 is 1.11 bits per heavy atom. The van der Waals surface area contributed by atoms with Crippen molar-refractivity contribution in [3.63, 3.8) is 0 Å². The predicted octanol–water partition coefficient (Wildman–Crippen LogP) is 3.35. The highest BCUT2D eigenvalue weighted by Gasteiger charge is 1.95. The van der Waals surface area contributed by atoms with Crippen LogP contribution in [0.1, 0.15) is 12.5 Å². The molecule has 0 spiro atoms. The fourth-order valence-corrected chi connectivity index (χ4v) is 1.39. The second kappa shape index (κ2) is 7.21. The number of rotatable bonds is 5. The quantitative estimate of drug-likeness (QED) is 0.649. The molecule has 0 aliphatic rings. The van der Waals surface area contributed by atoms with E-state index in [-0.39, 0.29) is 0 Å². The molecule has 100 valence electrons. The molecule has 3 heteroatoms. The molecule has 0 aliphatic heterocycles. The Labute approximate surface area is 114 Å². The van der Waals surface area contributed by atoms with Crippen molar-refractivity contribution in [3.05, 3.63) is 59.7 Å². The number of carbonyl (C=O) groups is 1. The lowest BCUT2D eigenvalue weighted by molar-refractivity contribution is -0.132. The Morgan fingerprint density at radius 3 is 2.26 bits per heavy atom. The Morgan fingerprint density at radius 2 is 1.74 bits per heavy atom. The lowest BCUT2D eigenvalue weighted by Gasteiger charge is -2.11. The summed E-state index contributed by atoms with van der Waals surface area (Å²) in [5, 5.41) is 8.66. The second-order valence-electron chi connectivity index (χ2n) is 4.38. The minimum atomic E-state index is -0.895. The first kappa shape index (κ1) is 14.8. The minimum absolute atomic E-state index is 0.319. The van der Waals surface area contributed by atoms with Crippen molar-refractivity contribution < 1.29 is 9.90 Å². The Hall–Kier alpha value is -2.29. The molecule has 1 aromatic carbocycles. The predicted molar refractivity (Wildman–Crippen MR) is 80.3 cm³/mol. The van der Waals surface area contributed by atoms with Crippen LogP contribution in [-0.4, -0.2) is 25.2 Å². The normalized spacial score (nSPS) is 12.3. The van der Waals surface area contributed by atoms with Crippen LogP contribution in [0.15, 0.2) is 54.1 Å². The third-order valence-corrected chi connectivity index (χ3v) is 2.60. The average Bonchev–Trinajstić information content (AvgIpc) is 2.38. The lowest BCUT2D eigenvalue weighted by Crippen LogP contribution is -2.07. The van der Waals surface area contributed by atoms with Gasteiger partial charge < -0.3 is 10.0 Å². The van der Waals surface area contributed by atoms with Gasteiger partial charge in [-0.25, -0.2) is 4.79 Å². The summed E-state index contributed by atoms with van der Waals surface area (Å²) in [6.45, 7) is 1.57. The molecule has 0 aromatic heterocycles. The topological polar surface area (TPSA) is 40.5 Å². The molecule has 0 unspecified atom stereocenters. The number of allylic oxidation sites excluding steroid dienone is 4. The molecular formula is C16H19NO2. The molecule has 19 heavy (non-hydrogen) atoms. The number of hydrogen-bond acceptors (Lipinski definition) is 2. The van der Waals surface area contributed by atoms with E-state index in [4.69, 9.17) is 5.11 Å². The molecule has 0 amide bonds. The molecule has 0 fully saturated rings. The van der Waals surface area contributed by atoms with Crippen LogP contribution in [0.25, 0.3) is 6.08 Å². The number of anilines is 1. The monoisotopic (exact) mass is 257 g/mol. The summed E-state index contributed by atoms with van der Waals surface area (Å²) in [6, 6.07) is 8.19. The third kappa shape index (κ3) is 5.25. The van der Waals surface area contributed by atoms with Gasteiger partial charge in [-0.05, 0) is 24.6 Å². The number of aliphatic carboxylic acids is 1. The van der Waals surface area contributed by atoms with Crippen molar-refractivity contribution in [2.24, 2.45) is 0 Å². The van der Waals surface area contributed by atoms with Gasteiger partial charge in [0.25, 0.3) is 0 Å². The van der Waals surface area contributed by atoms with Crippen LogP contribution in [0.4, 0.5) is 5.69 Å². The van der Waals surface area contributed by atoms with Crippen LogP contribution >= 0.6 is 0 Å². The number of carboxylic acid groups (broad SMARTS) is 1. The van der Waals surface area contributed by atoms with Gasteiger partial charge in [0.1, 0.15) is 0 Å². The van der Waals surface area contributed by atoms with Crippen molar-refractivity contribution in [3.8, 4) is 0 Å². The summed E-state index contributed by atoms with van der Waals surface area (Å²) in [4.78, 5) is 12.6. The third-order valence-electron chi connectivity index (χ3n) is 2.60. The minimum Gasteiger partial charge on any atom is -0.478 e. The number of benzene rings is 1. The zero-order valence-corrected chi connectivity index (χ0v) is 11.5. The first-order valence-electron chi connectivity index (χ1n) is 6.03. The molecule has 0 saturated carbocycles. The smallest absolute Gasteiger partial charge is 0.331 e. The van der Waals surface area contributed by atoms with Crippen LogP contribution in [0.5, 0.6) is 0 Å². The summed E-state index contributed by atoms with van der Waals surface area (Å²) in [7, 11) is 4.01. The Kier molecular flexibility index (Phi) is 5.61. The van der Waals surface area contributed by atoms with Crippen LogP contribution < -0.4 is 4.90 Å². The average molecular weight is 257 g/mol. The van der Waals surface area contributed by atoms with E-state index in [0.717, 1.165) is 11.3 Å². The van der Waals surface area contributed by atoms with Crippen molar-refractivity contribution in [2.75, 3.05) is 19.0 Å². The van der Waals surface area contributed by atoms with Crippen molar-refractivity contribution in [1.82, 2.24) is 0 Å². The molecule has 0 saturated heterocycles. The van der Waals surface area contributed by atoms with Gasteiger partial charge in [-0.1, -0.05) is 42.5 Å². The molecule has 0 bridgehead atoms. The van der Waals surface area contributed by atoms with Crippen molar-refractivity contribution >= 4 is 17.7 Å². The number of carboxylic acids is 1. The second-order valence-corrected chi connectivity index (χ2v) is 4.38. The van der Waals surface area contributed by atoms with E-state index in [1.165, 1.54) is 0 Å². The van der Waals surface area contributed by atoms with E-state index < -0.39 is 5.97 Å². The van der Waals surface area contributed by atoms with E-state index in [9.17, 15) is 4.79 Å². The van der Waals surface area contributed by atoms with Gasteiger partial charge in [-0.3, -0.25) is 0 Å². The van der Waals surface area contributed by atoms with E-state index in [2.05, 4.69) is 12.1 Å². The molecule has 1 rings (SSSR count). The van der Waals surface area contributed by atoms with Crippen LogP contribution in [0.3, 0.4) is 0 Å². The molecule has 0 atom stereocenters. The van der Waals surface area contributed by atoms with Gasteiger partial charge in [0.05, 0.1) is 0 Å². The molecule has 3 nitrogen and oxygen atoms in total. The van der Waals surface area contributed by atoms with Gasteiger partial charge >= 0.3 is 5.97 Å². The first-order valence-corrected chi connectivity index (χ1v) is 6.03. The summed E-state index contributed by atoms with van der Waals surface area (Å²) >= 11 is 0. The zero-order valence-electron chi connectivity index (χ0n) is 11.5. The molecule has 1 N–H and O–H groups in total. The SMILES string of the molecule is C/C(=C/C=C/C=C/c1ccc(N(C)C)cc1)C(=O)O. The summed E-state index contributed by atoms with van der Waals surface area (Å²) in [5.41, 5.74) is 2.59.